The van der Waals surface area contributed by atoms with Crippen LogP contribution in [-0.2, 0) is 6.54 Å². The first-order valence-electron chi connectivity index (χ1n) is 10.9. The average molecular weight is 428 g/mol. The fraction of sp³-hybridized carbons (Fsp3) is 0.292. The molecule has 162 valence electrons. The second-order valence-corrected chi connectivity index (χ2v) is 8.24. The highest BCUT2D eigenvalue weighted by molar-refractivity contribution is 5.97. The van der Waals surface area contributed by atoms with Gasteiger partial charge in [0.15, 0.2) is 0 Å². The van der Waals surface area contributed by atoms with Crippen molar-refractivity contribution in [1.29, 1.82) is 5.41 Å². The predicted molar refractivity (Wildman–Crippen MR) is 120 cm³/mol. The van der Waals surface area contributed by atoms with Crippen molar-refractivity contribution in [2.45, 2.75) is 44.7 Å². The highest BCUT2D eigenvalue weighted by atomic mass is 16.2. The highest BCUT2D eigenvalue weighted by Gasteiger charge is 2.21. The normalized spacial score (nSPS) is 14.6. The van der Waals surface area contributed by atoms with Crippen molar-refractivity contribution in [1.82, 2.24) is 24.3 Å². The van der Waals surface area contributed by atoms with Gasteiger partial charge in [-0.25, -0.2) is 4.98 Å². The van der Waals surface area contributed by atoms with Crippen LogP contribution in [0.15, 0.2) is 59.8 Å². The van der Waals surface area contributed by atoms with Gasteiger partial charge in [0.05, 0.1) is 17.5 Å². The second kappa shape index (κ2) is 8.37. The van der Waals surface area contributed by atoms with E-state index in [0.29, 0.717) is 23.2 Å². The van der Waals surface area contributed by atoms with Gasteiger partial charge < -0.3 is 9.88 Å². The third kappa shape index (κ3) is 3.68. The van der Waals surface area contributed by atoms with Gasteiger partial charge in [-0.15, -0.1) is 0 Å². The lowest BCUT2D eigenvalue weighted by Gasteiger charge is -2.23. The Balaban J connectivity index is 1.70. The lowest BCUT2D eigenvalue weighted by molar-refractivity contribution is 0.0925. The molecule has 0 aromatic carbocycles. The van der Waals surface area contributed by atoms with Crippen LogP contribution >= 0.6 is 0 Å². The van der Waals surface area contributed by atoms with Crippen LogP contribution < -0.4 is 16.4 Å². The maximum absolute atomic E-state index is 13.3. The molecule has 8 heteroatoms. The molecule has 0 unspecified atom stereocenters. The number of carbonyl (C=O) groups excluding carboxylic acids is 1. The first kappa shape index (κ1) is 20.1. The van der Waals surface area contributed by atoms with Crippen LogP contribution in [0.4, 0.5) is 0 Å². The molecule has 1 aliphatic rings. The van der Waals surface area contributed by atoms with E-state index in [9.17, 15) is 9.59 Å². The van der Waals surface area contributed by atoms with Crippen LogP contribution in [0, 0.1) is 5.41 Å². The molecule has 2 N–H and O–H groups in total. The van der Waals surface area contributed by atoms with Crippen LogP contribution in [0.1, 0.15) is 48.0 Å². The lowest BCUT2D eigenvalue weighted by atomic mass is 9.95. The Kier molecular flexibility index (Phi) is 5.26. The zero-order valence-electron chi connectivity index (χ0n) is 17.6. The first-order chi connectivity index (χ1) is 15.6. The number of nitrogens with zero attached hydrogens (tertiary/aromatic N) is 4. The summed E-state index contributed by atoms with van der Waals surface area (Å²) in [5, 5.41) is 12.2. The van der Waals surface area contributed by atoms with E-state index in [1.165, 1.54) is 16.9 Å². The van der Waals surface area contributed by atoms with Crippen molar-refractivity contribution in [2.24, 2.45) is 0 Å². The molecule has 1 aliphatic carbocycles. The van der Waals surface area contributed by atoms with Crippen molar-refractivity contribution in [2.75, 3.05) is 0 Å². The van der Waals surface area contributed by atoms with E-state index in [4.69, 9.17) is 5.41 Å². The molecule has 0 saturated heterocycles. The third-order valence-corrected chi connectivity index (χ3v) is 6.09. The van der Waals surface area contributed by atoms with Gasteiger partial charge in [0.2, 0.25) is 0 Å². The molecule has 32 heavy (non-hydrogen) atoms. The lowest BCUT2D eigenvalue weighted by Crippen LogP contribution is -2.40. The summed E-state index contributed by atoms with van der Waals surface area (Å²) in [7, 11) is 0. The summed E-state index contributed by atoms with van der Waals surface area (Å²) in [6, 6.07) is 10.7. The number of carbonyl (C=O) groups is 1. The summed E-state index contributed by atoms with van der Waals surface area (Å²) in [4.78, 5) is 35.2. The molecule has 0 aliphatic heterocycles. The predicted octanol–water partition coefficient (Wildman–Crippen LogP) is 2.63. The monoisotopic (exact) mass is 428 g/mol. The zero-order chi connectivity index (χ0) is 22.1. The summed E-state index contributed by atoms with van der Waals surface area (Å²) in [5.41, 5.74) is 1.74. The van der Waals surface area contributed by atoms with Crippen LogP contribution in [-0.4, -0.2) is 30.9 Å². The summed E-state index contributed by atoms with van der Waals surface area (Å²) in [5.74, 6) is -0.315. The van der Waals surface area contributed by atoms with E-state index in [0.717, 1.165) is 31.2 Å². The molecule has 4 heterocycles. The van der Waals surface area contributed by atoms with Crippen molar-refractivity contribution >= 4 is 22.6 Å². The molecule has 4 aromatic rings. The third-order valence-electron chi connectivity index (χ3n) is 6.09. The van der Waals surface area contributed by atoms with E-state index >= 15 is 0 Å². The molecule has 0 radical (unpaired) electrons. The van der Waals surface area contributed by atoms with Gasteiger partial charge in [0, 0.05) is 24.6 Å². The molecule has 0 bridgehead atoms. The zero-order valence-corrected chi connectivity index (χ0v) is 17.6. The molecule has 5 rings (SSSR count). The van der Waals surface area contributed by atoms with Crippen LogP contribution in [0.25, 0.3) is 16.7 Å². The Bertz CT molecular complexity index is 1420. The van der Waals surface area contributed by atoms with Gasteiger partial charge in [-0.2, -0.15) is 0 Å². The Hall–Kier alpha value is -3.81. The topological polar surface area (TPSA) is 105 Å². The minimum absolute atomic E-state index is 0.0369. The second-order valence-electron chi connectivity index (χ2n) is 8.24. The van der Waals surface area contributed by atoms with Crippen LogP contribution in [0.2, 0.25) is 0 Å². The maximum Gasteiger partial charge on any atom is 0.267 e. The molecule has 1 saturated carbocycles. The van der Waals surface area contributed by atoms with Crippen molar-refractivity contribution in [3.8, 4) is 0 Å². The fourth-order valence-corrected chi connectivity index (χ4v) is 4.39. The summed E-state index contributed by atoms with van der Waals surface area (Å²) in [6.45, 7) is 0.303. The van der Waals surface area contributed by atoms with Gasteiger partial charge in [0.25, 0.3) is 11.5 Å². The molecule has 1 amide bonds. The molecular formula is C24H24N6O2. The molecule has 4 aromatic heterocycles. The molecule has 0 spiro atoms. The van der Waals surface area contributed by atoms with E-state index in [-0.39, 0.29) is 28.6 Å². The fourth-order valence-electron chi connectivity index (χ4n) is 4.39. The van der Waals surface area contributed by atoms with Crippen LogP contribution in [0.3, 0.4) is 0 Å². The van der Waals surface area contributed by atoms with E-state index < -0.39 is 0 Å². The largest absolute Gasteiger partial charge is 0.349 e. The number of fused-ring (bicyclic) bond motifs is 2. The van der Waals surface area contributed by atoms with Gasteiger partial charge in [-0.05, 0) is 48.7 Å². The number of amides is 1. The van der Waals surface area contributed by atoms with Gasteiger partial charge in [0.1, 0.15) is 16.8 Å². The molecule has 1 fully saturated rings. The Morgan fingerprint density at radius 3 is 2.69 bits per heavy atom. The van der Waals surface area contributed by atoms with Crippen molar-refractivity contribution < 1.29 is 4.79 Å². The quantitative estimate of drug-likeness (QED) is 0.488. The minimum atomic E-state index is -0.315. The Labute approximate surface area is 184 Å². The summed E-state index contributed by atoms with van der Waals surface area (Å²) in [6.07, 6.45) is 10.3. The first-order valence-corrected chi connectivity index (χ1v) is 10.9. The number of nitrogens with one attached hydrogen (secondary N) is 2. The number of pyridine rings is 3. The number of aromatic nitrogens is 4. The molecular weight excluding hydrogens is 404 g/mol. The minimum Gasteiger partial charge on any atom is -0.349 e. The Morgan fingerprint density at radius 1 is 1.12 bits per heavy atom. The number of rotatable bonds is 4. The maximum atomic E-state index is 13.3. The highest BCUT2D eigenvalue weighted by Crippen LogP contribution is 2.18. The van der Waals surface area contributed by atoms with Gasteiger partial charge in [-0.3, -0.25) is 24.4 Å². The smallest absolute Gasteiger partial charge is 0.267 e. The van der Waals surface area contributed by atoms with Crippen LogP contribution in [0.5, 0.6) is 0 Å². The van der Waals surface area contributed by atoms with Gasteiger partial charge >= 0.3 is 0 Å². The van der Waals surface area contributed by atoms with Gasteiger partial charge in [-0.1, -0.05) is 25.3 Å². The standard InChI is InChI=1S/C24H24N6O2/c25-21-18(23(31)27-17-6-2-1-3-7-17)14-19-22(30(21)15-16-9-11-26-12-10-16)28-20-8-4-5-13-29(20)24(19)32/h4-5,8-14,17,25H,1-3,6-7,15H2,(H,27,31). The molecule has 8 nitrogen and oxygen atoms in total. The number of hydrogen-bond donors (Lipinski definition) is 2. The van der Waals surface area contributed by atoms with E-state index in [1.54, 1.807) is 35.3 Å². The number of hydrogen-bond acceptors (Lipinski definition) is 5. The SMILES string of the molecule is N=c1c(C(=O)NC2CCCCC2)cc2c(=O)n3ccccc3nc2n1Cc1ccncc1. The Morgan fingerprint density at radius 2 is 1.91 bits per heavy atom. The van der Waals surface area contributed by atoms with Crippen molar-refractivity contribution in [3.63, 3.8) is 0 Å². The molecule has 0 atom stereocenters. The van der Waals surface area contributed by atoms with E-state index in [2.05, 4.69) is 15.3 Å². The average Bonchev–Trinajstić information content (AvgIpc) is 2.82. The summed E-state index contributed by atoms with van der Waals surface area (Å²) >= 11 is 0. The summed E-state index contributed by atoms with van der Waals surface area (Å²) < 4.78 is 3.10. The van der Waals surface area contributed by atoms with E-state index in [1.807, 2.05) is 18.2 Å². The van der Waals surface area contributed by atoms with Crippen molar-refractivity contribution in [3.05, 3.63) is 82.0 Å².